The Morgan fingerprint density at radius 2 is 1.96 bits per heavy atom. The summed E-state index contributed by atoms with van der Waals surface area (Å²) in [6, 6.07) is 10.5. The zero-order valence-electron chi connectivity index (χ0n) is 15.2. The van der Waals surface area contributed by atoms with Gasteiger partial charge in [-0.05, 0) is 36.8 Å². The molecule has 4 atom stereocenters. The molecule has 2 aliphatic rings. The van der Waals surface area contributed by atoms with E-state index in [1.807, 2.05) is 26.8 Å². The molecule has 1 aliphatic carbocycles. The topological polar surface area (TPSA) is 69.6 Å². The number of hydrogen-bond donors (Lipinski definition) is 2. The summed E-state index contributed by atoms with van der Waals surface area (Å²) in [5.41, 5.74) is 0.869. The van der Waals surface area contributed by atoms with Gasteiger partial charge < -0.3 is 10.4 Å². The van der Waals surface area contributed by atoms with Crippen LogP contribution in [0.1, 0.15) is 32.8 Å². The van der Waals surface area contributed by atoms with Crippen molar-refractivity contribution in [3.63, 3.8) is 0 Å². The fourth-order valence-corrected chi connectivity index (χ4v) is 4.28. The molecule has 5 heteroatoms. The van der Waals surface area contributed by atoms with Crippen LogP contribution in [0, 0.1) is 23.2 Å². The van der Waals surface area contributed by atoms with Crippen LogP contribution in [0.3, 0.4) is 0 Å². The molecule has 2 unspecified atom stereocenters. The van der Waals surface area contributed by atoms with Crippen LogP contribution in [0.2, 0.25) is 0 Å². The van der Waals surface area contributed by atoms with Crippen LogP contribution >= 0.6 is 0 Å². The lowest BCUT2D eigenvalue weighted by molar-refractivity contribution is -0.140. The van der Waals surface area contributed by atoms with E-state index in [0.29, 0.717) is 5.92 Å². The number of benzene rings is 1. The van der Waals surface area contributed by atoms with Crippen LogP contribution in [0.4, 0.5) is 0 Å². The Labute approximate surface area is 149 Å². The maximum absolute atomic E-state index is 12.5. The molecular weight excluding hydrogens is 316 g/mol. The largest absolute Gasteiger partial charge is 0.481 e. The van der Waals surface area contributed by atoms with E-state index >= 15 is 0 Å². The van der Waals surface area contributed by atoms with Crippen molar-refractivity contribution in [2.75, 3.05) is 13.1 Å². The van der Waals surface area contributed by atoms with Gasteiger partial charge in [-0.3, -0.25) is 14.5 Å². The Morgan fingerprint density at radius 3 is 2.56 bits per heavy atom. The first-order chi connectivity index (χ1) is 11.8. The van der Waals surface area contributed by atoms with Crippen molar-refractivity contribution < 1.29 is 14.7 Å². The molecule has 136 valence electrons. The predicted molar refractivity (Wildman–Crippen MR) is 95.8 cm³/mol. The smallest absolute Gasteiger partial charge is 0.307 e. The van der Waals surface area contributed by atoms with Gasteiger partial charge in [-0.15, -0.1) is 0 Å². The number of carboxylic acid groups (broad SMARTS) is 1. The molecule has 1 heterocycles. The minimum Gasteiger partial charge on any atom is -0.481 e. The number of amides is 1. The van der Waals surface area contributed by atoms with Crippen molar-refractivity contribution in [3.8, 4) is 0 Å². The first-order valence-electron chi connectivity index (χ1n) is 9.10. The maximum Gasteiger partial charge on any atom is 0.307 e. The highest BCUT2D eigenvalue weighted by molar-refractivity contribution is 5.91. The quantitative estimate of drug-likeness (QED) is 0.831. The Balaban J connectivity index is 1.50. The van der Waals surface area contributed by atoms with Gasteiger partial charge in [0.05, 0.1) is 11.8 Å². The normalized spacial score (nSPS) is 29.2. The van der Waals surface area contributed by atoms with Crippen molar-refractivity contribution in [2.24, 2.45) is 23.2 Å². The van der Waals surface area contributed by atoms with E-state index < -0.39 is 23.2 Å². The molecular formula is C20H28N2O3. The van der Waals surface area contributed by atoms with Crippen LogP contribution < -0.4 is 5.32 Å². The molecule has 1 aromatic carbocycles. The van der Waals surface area contributed by atoms with Gasteiger partial charge in [-0.1, -0.05) is 44.2 Å². The second-order valence-corrected chi connectivity index (χ2v) is 8.18. The Hall–Kier alpha value is -1.88. The molecule has 1 saturated heterocycles. The van der Waals surface area contributed by atoms with Gasteiger partial charge >= 0.3 is 5.97 Å². The zero-order chi connectivity index (χ0) is 18.2. The number of nitrogens with one attached hydrogen (secondary N) is 1. The molecule has 3 rings (SSSR count). The summed E-state index contributed by atoms with van der Waals surface area (Å²) in [5, 5.41) is 12.3. The third-order valence-corrected chi connectivity index (χ3v) is 6.01. The fraction of sp³-hybridized carbons (Fsp3) is 0.600. The molecule has 0 radical (unpaired) electrons. The third-order valence-electron chi connectivity index (χ3n) is 6.01. The molecule has 1 aliphatic heterocycles. The summed E-state index contributed by atoms with van der Waals surface area (Å²) in [6.07, 6.45) is 1.06. The van der Waals surface area contributed by atoms with Crippen molar-refractivity contribution in [1.29, 1.82) is 0 Å². The first kappa shape index (κ1) is 17.9. The van der Waals surface area contributed by atoms with Crippen molar-refractivity contribution in [3.05, 3.63) is 35.9 Å². The molecule has 1 amide bonds. The summed E-state index contributed by atoms with van der Waals surface area (Å²) in [5.74, 6) is -1.52. The molecule has 25 heavy (non-hydrogen) atoms. The average Bonchev–Trinajstić information content (AvgIpc) is 2.90. The van der Waals surface area contributed by atoms with Gasteiger partial charge in [0, 0.05) is 19.1 Å². The Bertz CT molecular complexity index is 644. The molecule has 5 nitrogen and oxygen atoms in total. The average molecular weight is 344 g/mol. The minimum absolute atomic E-state index is 0.0686. The van der Waals surface area contributed by atoms with E-state index in [1.54, 1.807) is 0 Å². The van der Waals surface area contributed by atoms with Crippen molar-refractivity contribution in [1.82, 2.24) is 10.2 Å². The standard InChI is InChI=1S/C20H28N2O3/c1-13(21-18(23)16-17(19(24)25)20(16,2)3)15-9-10-22(12-15)11-14-7-5-4-6-8-14/h4-8,13,15-17H,9-12H2,1-3H3,(H,21,23)(H,24,25)/t13?,15?,16-,17+/m0/s1. The van der Waals surface area contributed by atoms with E-state index in [-0.39, 0.29) is 11.9 Å². The van der Waals surface area contributed by atoms with Crippen LogP contribution in [-0.4, -0.2) is 41.0 Å². The summed E-state index contributed by atoms with van der Waals surface area (Å²) >= 11 is 0. The van der Waals surface area contributed by atoms with Crippen LogP contribution in [0.25, 0.3) is 0 Å². The molecule has 1 aromatic rings. The minimum atomic E-state index is -0.868. The highest BCUT2D eigenvalue weighted by atomic mass is 16.4. The third kappa shape index (κ3) is 3.71. The zero-order valence-corrected chi connectivity index (χ0v) is 15.2. The highest BCUT2D eigenvalue weighted by Gasteiger charge is 2.66. The molecule has 0 spiro atoms. The van der Waals surface area contributed by atoms with Gasteiger partial charge in [0.25, 0.3) is 0 Å². The van der Waals surface area contributed by atoms with Gasteiger partial charge in [0.2, 0.25) is 5.91 Å². The number of carbonyl (C=O) groups excluding carboxylic acids is 1. The van der Waals surface area contributed by atoms with Gasteiger partial charge in [-0.2, -0.15) is 0 Å². The summed E-state index contributed by atoms with van der Waals surface area (Å²) in [4.78, 5) is 26.2. The van der Waals surface area contributed by atoms with Crippen LogP contribution in [0.5, 0.6) is 0 Å². The lowest BCUT2D eigenvalue weighted by Crippen LogP contribution is -2.40. The maximum atomic E-state index is 12.5. The summed E-state index contributed by atoms with van der Waals surface area (Å²) in [7, 11) is 0. The molecule has 0 bridgehead atoms. The van der Waals surface area contributed by atoms with Crippen molar-refractivity contribution in [2.45, 2.75) is 39.8 Å². The Morgan fingerprint density at radius 1 is 1.28 bits per heavy atom. The lowest BCUT2D eigenvalue weighted by Gasteiger charge is -2.22. The van der Waals surface area contributed by atoms with E-state index in [0.717, 1.165) is 26.1 Å². The number of rotatable bonds is 6. The monoisotopic (exact) mass is 344 g/mol. The Kier molecular flexibility index (Phi) is 4.87. The fourth-order valence-electron chi connectivity index (χ4n) is 4.28. The van der Waals surface area contributed by atoms with Gasteiger partial charge in [0.15, 0.2) is 0 Å². The first-order valence-corrected chi connectivity index (χ1v) is 9.10. The van der Waals surface area contributed by atoms with Crippen molar-refractivity contribution >= 4 is 11.9 Å². The lowest BCUT2D eigenvalue weighted by atomic mass is 10.00. The summed E-state index contributed by atoms with van der Waals surface area (Å²) < 4.78 is 0. The second-order valence-electron chi connectivity index (χ2n) is 8.18. The number of likely N-dealkylation sites (tertiary alicyclic amines) is 1. The molecule has 0 aromatic heterocycles. The number of hydrogen-bond acceptors (Lipinski definition) is 3. The molecule has 2 N–H and O–H groups in total. The predicted octanol–water partition coefficient (Wildman–Crippen LogP) is 2.37. The number of carboxylic acids is 1. The number of aliphatic carboxylic acids is 1. The number of carbonyl (C=O) groups is 2. The SMILES string of the molecule is CC(NC(=O)[C@@H]1[C@H](C(=O)O)C1(C)C)C1CCN(Cc2ccccc2)C1. The van der Waals surface area contributed by atoms with Gasteiger partial charge in [-0.25, -0.2) is 0 Å². The van der Waals surface area contributed by atoms with Gasteiger partial charge in [0.1, 0.15) is 0 Å². The van der Waals surface area contributed by atoms with E-state index in [1.165, 1.54) is 5.56 Å². The number of nitrogens with zero attached hydrogens (tertiary/aromatic N) is 1. The highest BCUT2D eigenvalue weighted by Crippen LogP contribution is 2.58. The van der Waals surface area contributed by atoms with E-state index in [9.17, 15) is 14.7 Å². The van der Waals surface area contributed by atoms with Crippen LogP contribution in [-0.2, 0) is 16.1 Å². The molecule has 1 saturated carbocycles. The summed E-state index contributed by atoms with van der Waals surface area (Å²) in [6.45, 7) is 8.70. The second kappa shape index (κ2) is 6.79. The van der Waals surface area contributed by atoms with E-state index in [2.05, 4.69) is 34.5 Å². The molecule has 2 fully saturated rings. The van der Waals surface area contributed by atoms with Crippen LogP contribution in [0.15, 0.2) is 30.3 Å². The van der Waals surface area contributed by atoms with E-state index in [4.69, 9.17) is 0 Å².